The first kappa shape index (κ1) is 21.1. The summed E-state index contributed by atoms with van der Waals surface area (Å²) in [5.74, 6) is -0.387. The second-order valence-corrected chi connectivity index (χ2v) is 7.44. The van der Waals surface area contributed by atoms with Crippen molar-refractivity contribution >= 4 is 11.5 Å². The quantitative estimate of drug-likeness (QED) is 0.374. The molecule has 1 unspecified atom stereocenters. The van der Waals surface area contributed by atoms with Gasteiger partial charge in [0.1, 0.15) is 0 Å². The Kier molecular flexibility index (Phi) is 6.13. The van der Waals surface area contributed by atoms with E-state index in [1.165, 1.54) is 25.3 Å². The number of ether oxygens (including phenoxy) is 1. The van der Waals surface area contributed by atoms with Crippen molar-refractivity contribution in [1.82, 2.24) is 4.90 Å². The number of carbonyl (C=O) groups excluding carboxylic acids is 1. The summed E-state index contributed by atoms with van der Waals surface area (Å²) in [7, 11) is 1.34. The van der Waals surface area contributed by atoms with Crippen LogP contribution in [0, 0.1) is 0 Å². The minimum Gasteiger partial charge on any atom is -0.466 e. The number of hydrogen-bond donors (Lipinski definition) is 0. The van der Waals surface area contributed by atoms with Crippen molar-refractivity contribution in [3.63, 3.8) is 0 Å². The first-order valence-corrected chi connectivity index (χ1v) is 9.47. The van der Waals surface area contributed by atoms with Crippen LogP contribution in [-0.4, -0.2) is 30.6 Å². The molecular formula is C23H24F3NO2. The third kappa shape index (κ3) is 5.26. The van der Waals surface area contributed by atoms with Crippen LogP contribution < -0.4 is 0 Å². The highest BCUT2D eigenvalue weighted by atomic mass is 19.4. The Bertz CT molecular complexity index is 903. The van der Waals surface area contributed by atoms with Crippen molar-refractivity contribution in [2.24, 2.45) is 0 Å². The molecule has 0 N–H and O–H groups in total. The van der Waals surface area contributed by atoms with Crippen LogP contribution in [0.4, 0.5) is 13.2 Å². The predicted octanol–water partition coefficient (Wildman–Crippen LogP) is 5.27. The molecule has 0 aromatic heterocycles. The van der Waals surface area contributed by atoms with Crippen LogP contribution in [0.1, 0.15) is 42.1 Å². The minimum absolute atomic E-state index is 0.0387. The Hall–Kier alpha value is -2.60. The smallest absolute Gasteiger partial charge is 0.416 e. The Labute approximate surface area is 168 Å². The SMILES string of the molecule is COC(=O)C=C(C)c1ccc(C[C@H](C)N2C[C@@H]2c2cccc(C(F)(F)F)c2)cc1. The van der Waals surface area contributed by atoms with Gasteiger partial charge in [0.25, 0.3) is 0 Å². The number of benzene rings is 2. The van der Waals surface area contributed by atoms with Gasteiger partial charge in [0.2, 0.25) is 0 Å². The molecular weight excluding hydrogens is 379 g/mol. The lowest BCUT2D eigenvalue weighted by Crippen LogP contribution is -2.18. The van der Waals surface area contributed by atoms with Crippen molar-refractivity contribution in [2.75, 3.05) is 13.7 Å². The highest BCUT2D eigenvalue weighted by Gasteiger charge is 2.40. The Morgan fingerprint density at radius 1 is 1.24 bits per heavy atom. The molecule has 1 aliphatic heterocycles. The van der Waals surface area contributed by atoms with Gasteiger partial charge < -0.3 is 4.74 Å². The van der Waals surface area contributed by atoms with E-state index in [4.69, 9.17) is 0 Å². The van der Waals surface area contributed by atoms with Crippen LogP contribution in [0.3, 0.4) is 0 Å². The second-order valence-electron chi connectivity index (χ2n) is 7.44. The lowest BCUT2D eigenvalue weighted by Gasteiger charge is -2.15. The number of rotatable bonds is 6. The molecule has 1 saturated heterocycles. The molecule has 3 nitrogen and oxygen atoms in total. The fourth-order valence-corrected chi connectivity index (χ4v) is 3.54. The zero-order chi connectivity index (χ0) is 21.2. The van der Waals surface area contributed by atoms with Crippen LogP contribution in [0.5, 0.6) is 0 Å². The van der Waals surface area contributed by atoms with E-state index < -0.39 is 11.7 Å². The van der Waals surface area contributed by atoms with Crippen LogP contribution in [0.2, 0.25) is 0 Å². The average Bonchev–Trinajstić information content (AvgIpc) is 3.49. The summed E-state index contributed by atoms with van der Waals surface area (Å²) in [4.78, 5) is 13.5. The third-order valence-electron chi connectivity index (χ3n) is 5.29. The van der Waals surface area contributed by atoms with Gasteiger partial charge in [0.05, 0.1) is 12.7 Å². The van der Waals surface area contributed by atoms with E-state index in [-0.39, 0.29) is 18.1 Å². The summed E-state index contributed by atoms with van der Waals surface area (Å²) in [5, 5.41) is 0. The maximum Gasteiger partial charge on any atom is 0.416 e. The Morgan fingerprint density at radius 2 is 1.93 bits per heavy atom. The molecule has 0 spiro atoms. The van der Waals surface area contributed by atoms with Crippen LogP contribution in [0.15, 0.2) is 54.6 Å². The first-order valence-electron chi connectivity index (χ1n) is 9.47. The molecule has 1 heterocycles. The topological polar surface area (TPSA) is 29.3 Å². The number of methoxy groups -OCH3 is 1. The van der Waals surface area contributed by atoms with Gasteiger partial charge in [-0.2, -0.15) is 13.2 Å². The maximum absolute atomic E-state index is 12.9. The van der Waals surface area contributed by atoms with Crippen molar-refractivity contribution < 1.29 is 22.7 Å². The van der Waals surface area contributed by atoms with Crippen molar-refractivity contribution in [2.45, 2.75) is 38.5 Å². The molecule has 1 aliphatic rings. The summed E-state index contributed by atoms with van der Waals surface area (Å²) in [6.07, 6.45) is -2.06. The third-order valence-corrected chi connectivity index (χ3v) is 5.29. The number of alkyl halides is 3. The van der Waals surface area contributed by atoms with Gasteiger partial charge in [-0.3, -0.25) is 4.90 Å². The largest absolute Gasteiger partial charge is 0.466 e. The van der Waals surface area contributed by atoms with Gasteiger partial charge in [-0.15, -0.1) is 0 Å². The molecule has 0 saturated carbocycles. The molecule has 0 bridgehead atoms. The normalized spacial score (nSPS) is 20.3. The fraction of sp³-hybridized carbons (Fsp3) is 0.348. The lowest BCUT2D eigenvalue weighted by atomic mass is 10.0. The highest BCUT2D eigenvalue weighted by Crippen LogP contribution is 2.40. The fourth-order valence-electron chi connectivity index (χ4n) is 3.54. The number of hydrogen-bond acceptors (Lipinski definition) is 3. The van der Waals surface area contributed by atoms with E-state index in [1.54, 1.807) is 6.07 Å². The zero-order valence-electron chi connectivity index (χ0n) is 16.7. The highest BCUT2D eigenvalue weighted by molar-refractivity contribution is 5.90. The van der Waals surface area contributed by atoms with Gasteiger partial charge >= 0.3 is 12.1 Å². The molecule has 2 aromatic rings. The van der Waals surface area contributed by atoms with Crippen LogP contribution in [-0.2, 0) is 22.1 Å². The van der Waals surface area contributed by atoms with E-state index in [2.05, 4.69) is 16.6 Å². The minimum atomic E-state index is -4.32. The van der Waals surface area contributed by atoms with E-state index >= 15 is 0 Å². The summed E-state index contributed by atoms with van der Waals surface area (Å²) in [6.45, 7) is 4.70. The predicted molar refractivity (Wildman–Crippen MR) is 106 cm³/mol. The average molecular weight is 403 g/mol. The molecule has 154 valence electrons. The van der Waals surface area contributed by atoms with Gasteiger partial charge in [0.15, 0.2) is 0 Å². The van der Waals surface area contributed by atoms with Crippen LogP contribution >= 0.6 is 0 Å². The number of halogens is 3. The summed E-state index contributed by atoms with van der Waals surface area (Å²) >= 11 is 0. The molecule has 1 fully saturated rings. The van der Waals surface area contributed by atoms with Gasteiger partial charge in [-0.05, 0) is 54.7 Å². The molecule has 0 amide bonds. The monoisotopic (exact) mass is 403 g/mol. The van der Waals surface area contributed by atoms with Gasteiger partial charge in [-0.25, -0.2) is 4.79 Å². The van der Waals surface area contributed by atoms with E-state index in [1.807, 2.05) is 31.2 Å². The Morgan fingerprint density at radius 3 is 2.55 bits per heavy atom. The Balaban J connectivity index is 1.61. The van der Waals surface area contributed by atoms with E-state index in [0.717, 1.165) is 35.7 Å². The summed E-state index contributed by atoms with van der Waals surface area (Å²) in [6, 6.07) is 13.8. The van der Waals surface area contributed by atoms with Crippen molar-refractivity contribution in [3.8, 4) is 0 Å². The maximum atomic E-state index is 12.9. The van der Waals surface area contributed by atoms with Gasteiger partial charge in [-0.1, -0.05) is 36.4 Å². The molecule has 3 atom stereocenters. The van der Waals surface area contributed by atoms with E-state index in [9.17, 15) is 18.0 Å². The first-order chi connectivity index (χ1) is 13.7. The van der Waals surface area contributed by atoms with E-state index in [0.29, 0.717) is 5.56 Å². The standard InChI is InChI=1S/C23H24F3NO2/c1-15(11-22(28)29-3)18-9-7-17(8-10-18)12-16(2)27-14-21(27)19-5-4-6-20(13-19)23(24,25)26/h4-11,13,16,21H,12,14H2,1-3H3/t16-,21+,27?/m0/s1. The van der Waals surface area contributed by atoms with Crippen molar-refractivity contribution in [3.05, 3.63) is 76.9 Å². The van der Waals surface area contributed by atoms with Crippen molar-refractivity contribution in [1.29, 1.82) is 0 Å². The number of allylic oxidation sites excluding steroid dienone is 1. The summed E-state index contributed by atoms with van der Waals surface area (Å²) in [5.41, 5.74) is 3.03. The number of esters is 1. The second kappa shape index (κ2) is 8.41. The lowest BCUT2D eigenvalue weighted by molar-refractivity contribution is -0.137. The number of nitrogens with zero attached hydrogens (tertiary/aromatic N) is 1. The van der Waals surface area contributed by atoms with Crippen LogP contribution in [0.25, 0.3) is 5.57 Å². The summed E-state index contributed by atoms with van der Waals surface area (Å²) < 4.78 is 43.4. The zero-order valence-corrected chi connectivity index (χ0v) is 16.7. The molecule has 3 rings (SSSR count). The molecule has 2 aromatic carbocycles. The number of carbonyl (C=O) groups is 1. The molecule has 0 radical (unpaired) electrons. The molecule has 6 heteroatoms. The van der Waals surface area contributed by atoms with Gasteiger partial charge in [0, 0.05) is 24.7 Å². The molecule has 29 heavy (non-hydrogen) atoms. The molecule has 0 aliphatic carbocycles.